The van der Waals surface area contributed by atoms with Gasteiger partial charge in [-0.05, 0) is 43.5 Å². The zero-order valence-corrected chi connectivity index (χ0v) is 16.6. The van der Waals surface area contributed by atoms with E-state index in [0.717, 1.165) is 36.9 Å². The van der Waals surface area contributed by atoms with Crippen molar-refractivity contribution in [2.24, 2.45) is 5.92 Å². The lowest BCUT2D eigenvalue weighted by Crippen LogP contribution is -2.24. The second-order valence-electron chi connectivity index (χ2n) is 7.61. The Morgan fingerprint density at radius 2 is 2.00 bits per heavy atom. The maximum Gasteiger partial charge on any atom is 0.258 e. The van der Waals surface area contributed by atoms with Crippen molar-refractivity contribution in [1.29, 1.82) is 0 Å². The summed E-state index contributed by atoms with van der Waals surface area (Å²) in [7, 11) is 0. The number of carbonyl (C=O) groups excluding carboxylic acids is 1. The molecule has 1 saturated carbocycles. The molecule has 3 aromatic rings. The Kier molecular flexibility index (Phi) is 5.60. The van der Waals surface area contributed by atoms with Crippen molar-refractivity contribution in [1.82, 2.24) is 9.38 Å². The summed E-state index contributed by atoms with van der Waals surface area (Å²) in [6, 6.07) is 12.6. The van der Waals surface area contributed by atoms with E-state index in [0.29, 0.717) is 17.1 Å². The van der Waals surface area contributed by atoms with Crippen LogP contribution in [0, 0.1) is 12.8 Å². The summed E-state index contributed by atoms with van der Waals surface area (Å²) in [5.41, 5.74) is 2.72. The van der Waals surface area contributed by atoms with Crippen molar-refractivity contribution < 1.29 is 9.53 Å². The first kappa shape index (κ1) is 19.2. The van der Waals surface area contributed by atoms with Crippen LogP contribution in [0.3, 0.4) is 0 Å². The normalized spacial score (nSPS) is 14.7. The number of aromatic nitrogens is 2. The summed E-state index contributed by atoms with van der Waals surface area (Å²) in [4.78, 5) is 29.3. The summed E-state index contributed by atoms with van der Waals surface area (Å²) >= 11 is 0. The number of ether oxygens (including phenoxy) is 1. The minimum atomic E-state index is -0.134. The summed E-state index contributed by atoms with van der Waals surface area (Å²) in [5.74, 6) is 0.811. The number of benzene rings is 1. The van der Waals surface area contributed by atoms with Gasteiger partial charge in [0.1, 0.15) is 18.0 Å². The fraction of sp³-hybridized carbons (Fsp3) is 0.348. The SMILES string of the molecule is Cc1cccn2c(=O)cc(COc3cccc(NC(=O)C4CCCCC4)c3)nc12. The second-order valence-corrected chi connectivity index (χ2v) is 7.61. The third-order valence-corrected chi connectivity index (χ3v) is 5.40. The number of nitrogens with zero attached hydrogens (tertiary/aromatic N) is 2. The van der Waals surface area contributed by atoms with Gasteiger partial charge in [0.05, 0.1) is 5.69 Å². The minimum absolute atomic E-state index is 0.0848. The van der Waals surface area contributed by atoms with Crippen molar-refractivity contribution in [2.45, 2.75) is 45.6 Å². The van der Waals surface area contributed by atoms with Crippen LogP contribution in [0.15, 0.2) is 53.5 Å². The molecule has 0 radical (unpaired) electrons. The van der Waals surface area contributed by atoms with Gasteiger partial charge in [-0.15, -0.1) is 0 Å². The molecule has 0 unspecified atom stereocenters. The van der Waals surface area contributed by atoms with Crippen molar-refractivity contribution in [3.63, 3.8) is 0 Å². The van der Waals surface area contributed by atoms with Gasteiger partial charge in [-0.3, -0.25) is 14.0 Å². The molecule has 4 rings (SSSR count). The molecule has 1 N–H and O–H groups in total. The van der Waals surface area contributed by atoms with E-state index in [9.17, 15) is 9.59 Å². The van der Waals surface area contributed by atoms with E-state index >= 15 is 0 Å². The Labute approximate surface area is 169 Å². The van der Waals surface area contributed by atoms with Crippen LogP contribution in [0.5, 0.6) is 5.75 Å². The number of aryl methyl sites for hydroxylation is 1. The number of rotatable bonds is 5. The van der Waals surface area contributed by atoms with Gasteiger partial charge >= 0.3 is 0 Å². The zero-order valence-electron chi connectivity index (χ0n) is 16.6. The second kappa shape index (κ2) is 8.47. The number of anilines is 1. The molecule has 6 heteroatoms. The van der Waals surface area contributed by atoms with Gasteiger partial charge in [0.2, 0.25) is 5.91 Å². The fourth-order valence-electron chi connectivity index (χ4n) is 3.81. The van der Waals surface area contributed by atoms with Crippen LogP contribution in [0.4, 0.5) is 5.69 Å². The van der Waals surface area contributed by atoms with Crippen LogP contribution in [0.1, 0.15) is 43.4 Å². The first-order chi connectivity index (χ1) is 14.1. The van der Waals surface area contributed by atoms with Gasteiger partial charge in [-0.25, -0.2) is 4.98 Å². The van der Waals surface area contributed by atoms with Crippen molar-refractivity contribution in [3.8, 4) is 5.75 Å². The highest BCUT2D eigenvalue weighted by Gasteiger charge is 2.21. The number of hydrogen-bond acceptors (Lipinski definition) is 4. The van der Waals surface area contributed by atoms with Crippen molar-refractivity contribution in [3.05, 3.63) is 70.3 Å². The third kappa shape index (κ3) is 4.47. The molecule has 0 atom stereocenters. The average molecular weight is 391 g/mol. The van der Waals surface area contributed by atoms with E-state index in [4.69, 9.17) is 4.74 Å². The number of fused-ring (bicyclic) bond motifs is 1. The average Bonchev–Trinajstić information content (AvgIpc) is 2.74. The highest BCUT2D eigenvalue weighted by atomic mass is 16.5. The largest absolute Gasteiger partial charge is 0.487 e. The lowest BCUT2D eigenvalue weighted by atomic mass is 9.88. The molecular formula is C23H25N3O3. The summed E-state index contributed by atoms with van der Waals surface area (Å²) in [6.45, 7) is 2.10. The Bertz CT molecular complexity index is 1080. The van der Waals surface area contributed by atoms with E-state index in [-0.39, 0.29) is 24.0 Å². The minimum Gasteiger partial charge on any atom is -0.487 e. The Hall–Kier alpha value is -3.15. The first-order valence-electron chi connectivity index (χ1n) is 10.1. The highest BCUT2D eigenvalue weighted by Crippen LogP contribution is 2.26. The zero-order chi connectivity index (χ0) is 20.2. The molecule has 0 bridgehead atoms. The predicted molar refractivity (Wildman–Crippen MR) is 112 cm³/mol. The van der Waals surface area contributed by atoms with E-state index < -0.39 is 0 Å². The van der Waals surface area contributed by atoms with Crippen LogP contribution >= 0.6 is 0 Å². The quantitative estimate of drug-likeness (QED) is 0.711. The molecule has 0 saturated heterocycles. The van der Waals surface area contributed by atoms with Gasteiger partial charge in [0.25, 0.3) is 5.56 Å². The van der Waals surface area contributed by atoms with Crippen molar-refractivity contribution >= 4 is 17.2 Å². The molecule has 1 fully saturated rings. The lowest BCUT2D eigenvalue weighted by Gasteiger charge is -2.20. The maximum atomic E-state index is 12.5. The van der Waals surface area contributed by atoms with Crippen LogP contribution in [0.2, 0.25) is 0 Å². The van der Waals surface area contributed by atoms with Gasteiger partial charge in [-0.2, -0.15) is 0 Å². The Balaban J connectivity index is 1.44. The van der Waals surface area contributed by atoms with Gasteiger partial charge < -0.3 is 10.1 Å². The predicted octanol–water partition coefficient (Wildman–Crippen LogP) is 4.10. The molecule has 1 aliphatic rings. The van der Waals surface area contributed by atoms with Crippen LogP contribution < -0.4 is 15.6 Å². The van der Waals surface area contributed by atoms with Crippen molar-refractivity contribution in [2.75, 3.05) is 5.32 Å². The summed E-state index contributed by atoms with van der Waals surface area (Å²) < 4.78 is 7.37. The molecule has 0 aliphatic heterocycles. The number of nitrogens with one attached hydrogen (secondary N) is 1. The number of pyridine rings is 1. The van der Waals surface area contributed by atoms with E-state index in [1.54, 1.807) is 12.3 Å². The summed E-state index contributed by atoms with van der Waals surface area (Å²) in [5, 5.41) is 3.00. The topological polar surface area (TPSA) is 72.7 Å². The van der Waals surface area contributed by atoms with E-state index in [1.807, 2.05) is 37.3 Å². The molecule has 2 aromatic heterocycles. The highest BCUT2D eigenvalue weighted by molar-refractivity contribution is 5.92. The van der Waals surface area contributed by atoms with E-state index in [1.165, 1.54) is 16.9 Å². The fourth-order valence-corrected chi connectivity index (χ4v) is 3.81. The van der Waals surface area contributed by atoms with E-state index in [2.05, 4.69) is 10.3 Å². The maximum absolute atomic E-state index is 12.5. The van der Waals surface area contributed by atoms with Gasteiger partial charge in [0, 0.05) is 29.9 Å². The van der Waals surface area contributed by atoms with Crippen LogP contribution in [-0.4, -0.2) is 15.3 Å². The first-order valence-corrected chi connectivity index (χ1v) is 10.1. The molecule has 6 nitrogen and oxygen atoms in total. The van der Waals surface area contributed by atoms with Crippen LogP contribution in [-0.2, 0) is 11.4 Å². The number of carbonyl (C=O) groups is 1. The van der Waals surface area contributed by atoms with Gasteiger partial charge in [-0.1, -0.05) is 31.4 Å². The van der Waals surface area contributed by atoms with Gasteiger partial charge in [0.15, 0.2) is 0 Å². The summed E-state index contributed by atoms with van der Waals surface area (Å²) in [6.07, 6.45) is 7.11. The monoisotopic (exact) mass is 391 g/mol. The number of hydrogen-bond donors (Lipinski definition) is 1. The molecule has 1 amide bonds. The molecule has 150 valence electrons. The molecule has 0 spiro atoms. The third-order valence-electron chi connectivity index (χ3n) is 5.40. The smallest absolute Gasteiger partial charge is 0.258 e. The molecule has 1 aromatic carbocycles. The molecule has 29 heavy (non-hydrogen) atoms. The molecule has 1 aliphatic carbocycles. The molecular weight excluding hydrogens is 366 g/mol. The van der Waals surface area contributed by atoms with Crippen LogP contribution in [0.25, 0.3) is 5.65 Å². The standard InChI is InChI=1S/C23H25N3O3/c1-16-7-6-12-26-21(27)14-19(24-22(16)26)15-29-20-11-5-10-18(13-20)25-23(28)17-8-3-2-4-9-17/h5-7,10-14,17H,2-4,8-9,15H2,1H3,(H,25,28). The number of amides is 1. The Morgan fingerprint density at radius 1 is 1.17 bits per heavy atom. The lowest BCUT2D eigenvalue weighted by molar-refractivity contribution is -0.120. The molecule has 2 heterocycles. The Morgan fingerprint density at radius 3 is 2.83 bits per heavy atom.